The van der Waals surface area contributed by atoms with Gasteiger partial charge in [0.25, 0.3) is 0 Å². The first kappa shape index (κ1) is 13.0. The van der Waals surface area contributed by atoms with Crippen LogP contribution in [0.15, 0.2) is 34.9 Å². The van der Waals surface area contributed by atoms with Gasteiger partial charge in [-0.3, -0.25) is 16.3 Å². The van der Waals surface area contributed by atoms with Gasteiger partial charge in [0, 0.05) is 22.0 Å². The molecule has 0 saturated carbocycles. The fraction of sp³-hybridized carbons (Fsp3) is 0.182. The topological polar surface area (TPSA) is 50.9 Å². The second-order valence-electron chi connectivity index (χ2n) is 3.50. The van der Waals surface area contributed by atoms with Crippen molar-refractivity contribution in [2.45, 2.75) is 12.5 Å². The van der Waals surface area contributed by atoms with E-state index >= 15 is 0 Å². The predicted molar refractivity (Wildman–Crippen MR) is 75.0 cm³/mol. The molecular weight excluding hydrogens is 322 g/mol. The zero-order chi connectivity index (χ0) is 12.3. The van der Waals surface area contributed by atoms with Crippen LogP contribution in [0.3, 0.4) is 0 Å². The van der Waals surface area contributed by atoms with Crippen molar-refractivity contribution in [2.24, 2.45) is 5.84 Å². The minimum Gasteiger partial charge on any atom is -0.271 e. The summed E-state index contributed by atoms with van der Waals surface area (Å²) in [4.78, 5) is 5.51. The van der Waals surface area contributed by atoms with E-state index in [1.54, 1.807) is 17.5 Å². The number of thiophene rings is 1. The van der Waals surface area contributed by atoms with E-state index in [4.69, 9.17) is 17.4 Å². The second kappa shape index (κ2) is 5.93. The SMILES string of the molecule is NNC(Cc1ccc(Cl)s1)c1ncccc1Br. The van der Waals surface area contributed by atoms with Crippen molar-refractivity contribution in [3.8, 4) is 0 Å². The van der Waals surface area contributed by atoms with Gasteiger partial charge in [-0.05, 0) is 40.2 Å². The van der Waals surface area contributed by atoms with Gasteiger partial charge in [0.05, 0.1) is 16.1 Å². The summed E-state index contributed by atoms with van der Waals surface area (Å²) in [6.07, 6.45) is 2.52. The van der Waals surface area contributed by atoms with E-state index in [0.29, 0.717) is 0 Å². The maximum atomic E-state index is 5.91. The predicted octanol–water partition coefficient (Wildman–Crippen LogP) is 3.31. The molecule has 0 aliphatic heterocycles. The quantitative estimate of drug-likeness (QED) is 0.667. The van der Waals surface area contributed by atoms with Crippen LogP contribution in [0.1, 0.15) is 16.6 Å². The average Bonchev–Trinajstić information content (AvgIpc) is 2.73. The highest BCUT2D eigenvalue weighted by molar-refractivity contribution is 9.10. The van der Waals surface area contributed by atoms with Gasteiger partial charge < -0.3 is 0 Å². The van der Waals surface area contributed by atoms with Crippen LogP contribution in [0, 0.1) is 0 Å². The molecule has 1 unspecified atom stereocenters. The number of aromatic nitrogens is 1. The summed E-state index contributed by atoms with van der Waals surface area (Å²) in [5, 5.41) is 0. The number of pyridine rings is 1. The van der Waals surface area contributed by atoms with Crippen molar-refractivity contribution in [1.82, 2.24) is 10.4 Å². The van der Waals surface area contributed by atoms with Crippen LogP contribution in [0.2, 0.25) is 4.34 Å². The largest absolute Gasteiger partial charge is 0.271 e. The van der Waals surface area contributed by atoms with Crippen molar-refractivity contribution in [1.29, 1.82) is 0 Å². The summed E-state index contributed by atoms with van der Waals surface area (Å²) < 4.78 is 1.74. The van der Waals surface area contributed by atoms with Crippen LogP contribution in [0.5, 0.6) is 0 Å². The number of hydrogen-bond acceptors (Lipinski definition) is 4. The fourth-order valence-electron chi connectivity index (χ4n) is 1.55. The molecule has 2 rings (SSSR count). The maximum absolute atomic E-state index is 5.91. The third-order valence-corrected chi connectivity index (χ3v) is 4.28. The van der Waals surface area contributed by atoms with Crippen LogP contribution in [-0.4, -0.2) is 4.98 Å². The summed E-state index contributed by atoms with van der Waals surface area (Å²) in [7, 11) is 0. The van der Waals surface area contributed by atoms with Crippen LogP contribution < -0.4 is 11.3 Å². The average molecular weight is 333 g/mol. The Morgan fingerprint density at radius 1 is 1.47 bits per heavy atom. The molecule has 0 aromatic carbocycles. The molecule has 0 aliphatic rings. The molecule has 0 amide bonds. The van der Waals surface area contributed by atoms with Crippen molar-refractivity contribution in [2.75, 3.05) is 0 Å². The minimum atomic E-state index is -0.0275. The molecule has 0 aliphatic carbocycles. The smallest absolute Gasteiger partial charge is 0.0931 e. The van der Waals surface area contributed by atoms with Gasteiger partial charge in [-0.1, -0.05) is 11.6 Å². The number of nitrogens with zero attached hydrogens (tertiary/aromatic N) is 1. The zero-order valence-corrected chi connectivity index (χ0v) is 12.0. The molecule has 0 saturated heterocycles. The molecule has 2 heterocycles. The molecule has 0 fully saturated rings. The third kappa shape index (κ3) is 3.26. The van der Waals surface area contributed by atoms with Gasteiger partial charge in [-0.25, -0.2) is 0 Å². The molecular formula is C11H11BrClN3S. The van der Waals surface area contributed by atoms with E-state index in [2.05, 4.69) is 26.3 Å². The van der Waals surface area contributed by atoms with Gasteiger partial charge in [0.2, 0.25) is 0 Å². The maximum Gasteiger partial charge on any atom is 0.0931 e. The molecule has 0 bridgehead atoms. The van der Waals surface area contributed by atoms with Crippen molar-refractivity contribution < 1.29 is 0 Å². The Morgan fingerprint density at radius 3 is 2.88 bits per heavy atom. The summed E-state index contributed by atoms with van der Waals surface area (Å²) in [5.41, 5.74) is 3.69. The molecule has 6 heteroatoms. The molecule has 17 heavy (non-hydrogen) atoms. The Balaban J connectivity index is 2.20. The van der Waals surface area contributed by atoms with Crippen molar-refractivity contribution >= 4 is 38.9 Å². The Hall–Kier alpha value is -0.460. The van der Waals surface area contributed by atoms with Gasteiger partial charge in [0.15, 0.2) is 0 Å². The molecule has 1 atom stereocenters. The van der Waals surface area contributed by atoms with E-state index in [9.17, 15) is 0 Å². The Bertz CT molecular complexity index is 503. The number of nitrogens with one attached hydrogen (secondary N) is 1. The van der Waals surface area contributed by atoms with Crippen molar-refractivity contribution in [3.63, 3.8) is 0 Å². The molecule has 3 nitrogen and oxygen atoms in total. The Morgan fingerprint density at radius 2 is 2.29 bits per heavy atom. The van der Waals surface area contributed by atoms with E-state index in [1.165, 1.54) is 4.88 Å². The van der Waals surface area contributed by atoms with Gasteiger partial charge in [0.1, 0.15) is 0 Å². The number of rotatable bonds is 4. The summed E-state index contributed by atoms with van der Waals surface area (Å²) in [6, 6.07) is 7.70. The monoisotopic (exact) mass is 331 g/mol. The summed E-state index contributed by atoms with van der Waals surface area (Å²) in [6.45, 7) is 0. The lowest BCUT2D eigenvalue weighted by molar-refractivity contribution is 0.539. The highest BCUT2D eigenvalue weighted by atomic mass is 79.9. The van der Waals surface area contributed by atoms with Crippen LogP contribution >= 0.6 is 38.9 Å². The highest BCUT2D eigenvalue weighted by Crippen LogP contribution is 2.28. The molecule has 3 N–H and O–H groups in total. The van der Waals surface area contributed by atoms with Gasteiger partial charge in [-0.15, -0.1) is 11.3 Å². The molecule has 2 aromatic rings. The summed E-state index contributed by atoms with van der Waals surface area (Å²) >= 11 is 10.9. The van der Waals surface area contributed by atoms with Crippen LogP contribution in [0.4, 0.5) is 0 Å². The van der Waals surface area contributed by atoms with E-state index in [0.717, 1.165) is 20.9 Å². The van der Waals surface area contributed by atoms with E-state index < -0.39 is 0 Å². The first-order valence-corrected chi connectivity index (χ1v) is 7.00. The minimum absolute atomic E-state index is 0.0275. The normalized spacial score (nSPS) is 12.6. The van der Waals surface area contributed by atoms with Gasteiger partial charge in [-0.2, -0.15) is 0 Å². The lowest BCUT2D eigenvalue weighted by Crippen LogP contribution is -2.30. The first-order chi connectivity index (χ1) is 8.20. The molecule has 90 valence electrons. The third-order valence-electron chi connectivity index (χ3n) is 2.35. The van der Waals surface area contributed by atoms with Crippen LogP contribution in [0.25, 0.3) is 0 Å². The van der Waals surface area contributed by atoms with Gasteiger partial charge >= 0.3 is 0 Å². The molecule has 0 radical (unpaired) electrons. The standard InChI is InChI=1S/C11H11BrClN3S/c12-8-2-1-5-15-11(8)9(16-14)6-7-3-4-10(13)17-7/h1-5,9,16H,6,14H2. The number of halogens is 2. The number of hydrazine groups is 1. The molecule has 0 spiro atoms. The first-order valence-electron chi connectivity index (χ1n) is 5.01. The second-order valence-corrected chi connectivity index (χ2v) is 6.15. The number of nitrogens with two attached hydrogens (primary N) is 1. The van der Waals surface area contributed by atoms with Crippen LogP contribution in [-0.2, 0) is 6.42 Å². The lowest BCUT2D eigenvalue weighted by atomic mass is 10.1. The highest BCUT2D eigenvalue weighted by Gasteiger charge is 2.15. The Labute approximate surface area is 117 Å². The van der Waals surface area contributed by atoms with E-state index in [1.807, 2.05) is 24.3 Å². The fourth-order valence-corrected chi connectivity index (χ4v) is 3.22. The van der Waals surface area contributed by atoms with Crippen molar-refractivity contribution in [3.05, 3.63) is 49.8 Å². The summed E-state index contributed by atoms with van der Waals surface area (Å²) in [5.74, 6) is 5.59. The zero-order valence-electron chi connectivity index (χ0n) is 8.86. The van der Waals surface area contributed by atoms with E-state index in [-0.39, 0.29) is 6.04 Å². The lowest BCUT2D eigenvalue weighted by Gasteiger charge is -2.15. The molecule has 2 aromatic heterocycles. The Kier molecular flexibility index (Phi) is 4.53. The number of hydrogen-bond donors (Lipinski definition) is 2.